The zero-order valence-electron chi connectivity index (χ0n) is 24.7. The van der Waals surface area contributed by atoms with E-state index in [1.807, 2.05) is 18.2 Å². The first-order valence-corrected chi connectivity index (χ1v) is 14.5. The van der Waals surface area contributed by atoms with E-state index in [0.29, 0.717) is 40.9 Å². The topological polar surface area (TPSA) is 120 Å². The molecule has 2 aliphatic rings. The number of carbonyl (C=O) groups is 3. The van der Waals surface area contributed by atoms with Gasteiger partial charge in [-0.2, -0.15) is 13.2 Å². The zero-order valence-corrected chi connectivity index (χ0v) is 24.7. The average Bonchev–Trinajstić information content (AvgIpc) is 3.51. The second-order valence-electron chi connectivity index (χ2n) is 11.2. The van der Waals surface area contributed by atoms with Gasteiger partial charge >= 0.3 is 12.1 Å². The normalized spacial score (nSPS) is 19.8. The SMILES string of the molecule is Cc1c(NC(=O)C(c2ccc(CN3N=C(c4ccccc4)OCC3=O)cc2)C(C)C(F)(F)F)cccc1C1CCN[C@@H]1C(=O)O. The predicted molar refractivity (Wildman–Crippen MR) is 160 cm³/mol. The van der Waals surface area contributed by atoms with Crippen molar-refractivity contribution in [1.82, 2.24) is 10.3 Å². The summed E-state index contributed by atoms with van der Waals surface area (Å²) in [5.74, 6) is -5.85. The number of alkyl halides is 3. The van der Waals surface area contributed by atoms with Crippen LogP contribution in [0.2, 0.25) is 0 Å². The van der Waals surface area contributed by atoms with Crippen molar-refractivity contribution in [2.45, 2.75) is 50.9 Å². The monoisotopic (exact) mass is 622 g/mol. The van der Waals surface area contributed by atoms with Crippen LogP contribution in [0.4, 0.5) is 18.9 Å². The molecule has 0 aliphatic carbocycles. The number of carboxylic acid groups (broad SMARTS) is 1. The van der Waals surface area contributed by atoms with E-state index >= 15 is 0 Å². The maximum atomic E-state index is 14.0. The lowest BCUT2D eigenvalue weighted by atomic mass is 9.85. The van der Waals surface area contributed by atoms with Gasteiger partial charge in [-0.3, -0.25) is 14.4 Å². The first-order valence-electron chi connectivity index (χ1n) is 14.5. The Morgan fingerprint density at radius 1 is 1.09 bits per heavy atom. The molecule has 0 saturated carbocycles. The highest BCUT2D eigenvalue weighted by molar-refractivity contribution is 5.98. The molecular formula is C33H33F3N4O5. The lowest BCUT2D eigenvalue weighted by molar-refractivity contribution is -0.178. The van der Waals surface area contributed by atoms with Crippen molar-refractivity contribution in [3.63, 3.8) is 0 Å². The van der Waals surface area contributed by atoms with Crippen LogP contribution >= 0.6 is 0 Å². The van der Waals surface area contributed by atoms with E-state index in [2.05, 4.69) is 15.7 Å². The molecule has 3 N–H and O–H groups in total. The van der Waals surface area contributed by atoms with Crippen LogP contribution in [0.25, 0.3) is 0 Å². The number of amides is 2. The second-order valence-corrected chi connectivity index (χ2v) is 11.2. The quantitative estimate of drug-likeness (QED) is 0.303. The number of hydrogen-bond donors (Lipinski definition) is 3. The molecule has 0 radical (unpaired) electrons. The minimum absolute atomic E-state index is 0.0594. The number of aliphatic carboxylic acids is 1. The third-order valence-corrected chi connectivity index (χ3v) is 8.34. The first kappa shape index (κ1) is 31.7. The van der Waals surface area contributed by atoms with Gasteiger partial charge in [-0.1, -0.05) is 61.5 Å². The number of halogens is 3. The van der Waals surface area contributed by atoms with E-state index in [1.165, 1.54) is 17.1 Å². The molecule has 12 heteroatoms. The smallest absolute Gasteiger partial charge is 0.392 e. The molecule has 0 bridgehead atoms. The van der Waals surface area contributed by atoms with Crippen LogP contribution in [0.3, 0.4) is 0 Å². The second kappa shape index (κ2) is 13.1. The lowest BCUT2D eigenvalue weighted by Crippen LogP contribution is -2.36. The fourth-order valence-electron chi connectivity index (χ4n) is 5.80. The molecule has 3 unspecified atom stereocenters. The zero-order chi connectivity index (χ0) is 32.3. The van der Waals surface area contributed by atoms with Gasteiger partial charge in [0.05, 0.1) is 18.4 Å². The number of hydrogen-bond acceptors (Lipinski definition) is 6. The summed E-state index contributed by atoms with van der Waals surface area (Å²) in [5, 5.41) is 20.8. The molecular weight excluding hydrogens is 589 g/mol. The lowest BCUT2D eigenvalue weighted by Gasteiger charge is -2.27. The molecule has 5 rings (SSSR count). The van der Waals surface area contributed by atoms with Gasteiger partial charge in [0.2, 0.25) is 11.8 Å². The van der Waals surface area contributed by atoms with Gasteiger partial charge in [-0.25, -0.2) is 5.01 Å². The maximum Gasteiger partial charge on any atom is 0.392 e. The van der Waals surface area contributed by atoms with Gasteiger partial charge in [0.25, 0.3) is 5.91 Å². The number of anilines is 1. The fraction of sp³-hybridized carbons (Fsp3) is 0.333. The predicted octanol–water partition coefficient (Wildman–Crippen LogP) is 5.17. The molecule has 2 heterocycles. The van der Waals surface area contributed by atoms with Crippen molar-refractivity contribution < 1.29 is 37.4 Å². The Hall–Kier alpha value is -4.71. The Balaban J connectivity index is 1.37. The Kier molecular flexibility index (Phi) is 9.24. The van der Waals surface area contributed by atoms with Crippen molar-refractivity contribution in [3.05, 3.63) is 101 Å². The molecule has 2 amide bonds. The highest BCUT2D eigenvalue weighted by Crippen LogP contribution is 2.39. The number of nitrogens with one attached hydrogen (secondary N) is 2. The van der Waals surface area contributed by atoms with Gasteiger partial charge in [-0.05, 0) is 60.3 Å². The van der Waals surface area contributed by atoms with E-state index in [4.69, 9.17) is 4.74 Å². The Bertz CT molecular complexity index is 1590. The van der Waals surface area contributed by atoms with Crippen LogP contribution in [-0.4, -0.2) is 59.2 Å². The molecule has 1 fully saturated rings. The summed E-state index contributed by atoms with van der Waals surface area (Å²) >= 11 is 0. The molecule has 3 aromatic carbocycles. The Morgan fingerprint density at radius 3 is 2.47 bits per heavy atom. The molecule has 2 aliphatic heterocycles. The van der Waals surface area contributed by atoms with Gasteiger partial charge in [0.15, 0.2) is 6.61 Å². The molecule has 9 nitrogen and oxygen atoms in total. The third-order valence-electron chi connectivity index (χ3n) is 8.34. The summed E-state index contributed by atoms with van der Waals surface area (Å²) in [6.45, 7) is 3.06. The maximum absolute atomic E-state index is 14.0. The summed E-state index contributed by atoms with van der Waals surface area (Å²) < 4.78 is 47.6. The molecule has 0 spiro atoms. The van der Waals surface area contributed by atoms with Gasteiger partial charge in [0.1, 0.15) is 6.04 Å². The van der Waals surface area contributed by atoms with E-state index in [-0.39, 0.29) is 36.4 Å². The number of carboxylic acids is 1. The molecule has 3 aromatic rings. The van der Waals surface area contributed by atoms with Crippen molar-refractivity contribution >= 4 is 29.4 Å². The highest BCUT2D eigenvalue weighted by Gasteiger charge is 2.45. The number of hydrazone groups is 1. The average molecular weight is 623 g/mol. The van der Waals surface area contributed by atoms with Crippen LogP contribution in [-0.2, 0) is 25.7 Å². The van der Waals surface area contributed by atoms with E-state index in [1.54, 1.807) is 49.4 Å². The Labute approximate surface area is 258 Å². The van der Waals surface area contributed by atoms with Crippen molar-refractivity contribution in [2.24, 2.45) is 11.0 Å². The van der Waals surface area contributed by atoms with E-state index in [9.17, 15) is 32.7 Å². The van der Waals surface area contributed by atoms with Gasteiger partial charge in [0, 0.05) is 17.2 Å². The van der Waals surface area contributed by atoms with Gasteiger partial charge in [-0.15, -0.1) is 5.10 Å². The van der Waals surface area contributed by atoms with Crippen LogP contribution in [0.1, 0.15) is 53.0 Å². The number of ether oxygens (including phenoxy) is 1. The number of rotatable bonds is 9. The van der Waals surface area contributed by atoms with Crippen LogP contribution in [0.15, 0.2) is 77.9 Å². The van der Waals surface area contributed by atoms with Crippen molar-refractivity contribution in [3.8, 4) is 0 Å². The molecule has 236 valence electrons. The van der Waals surface area contributed by atoms with Crippen LogP contribution < -0.4 is 10.6 Å². The summed E-state index contributed by atoms with van der Waals surface area (Å²) in [5.41, 5.74) is 3.09. The summed E-state index contributed by atoms with van der Waals surface area (Å²) in [4.78, 5) is 37.8. The van der Waals surface area contributed by atoms with E-state index in [0.717, 1.165) is 6.92 Å². The standard InChI is InChI=1S/C33H33F3N4O5/c1-19-24(25-15-16-37-29(25)32(43)44)9-6-10-26(19)38-30(42)28(20(2)33(34,35)36)22-13-11-21(12-14-22)17-40-27(41)18-45-31(39-40)23-7-4-3-5-8-23/h3-14,20,25,28-29,37H,15-18H2,1-2H3,(H,38,42)(H,43,44)/t20?,25?,28?,29-/m0/s1. The summed E-state index contributed by atoms with van der Waals surface area (Å²) in [6, 6.07) is 19.4. The van der Waals surface area contributed by atoms with Crippen molar-refractivity contribution in [2.75, 3.05) is 18.5 Å². The minimum atomic E-state index is -4.66. The third kappa shape index (κ3) is 7.01. The number of benzene rings is 3. The highest BCUT2D eigenvalue weighted by atomic mass is 19.4. The molecule has 1 saturated heterocycles. The van der Waals surface area contributed by atoms with Crippen LogP contribution in [0.5, 0.6) is 0 Å². The largest absolute Gasteiger partial charge is 0.480 e. The van der Waals surface area contributed by atoms with Gasteiger partial charge < -0.3 is 20.5 Å². The molecule has 4 atom stereocenters. The molecule has 0 aromatic heterocycles. The van der Waals surface area contributed by atoms with Crippen LogP contribution in [0, 0.1) is 12.8 Å². The first-order chi connectivity index (χ1) is 21.4. The van der Waals surface area contributed by atoms with E-state index < -0.39 is 35.9 Å². The summed E-state index contributed by atoms with van der Waals surface area (Å²) in [6.07, 6.45) is -4.09. The number of carbonyl (C=O) groups excluding carboxylic acids is 2. The minimum Gasteiger partial charge on any atom is -0.480 e. The summed E-state index contributed by atoms with van der Waals surface area (Å²) in [7, 11) is 0. The number of nitrogens with zero attached hydrogens (tertiary/aromatic N) is 2. The molecule has 45 heavy (non-hydrogen) atoms. The van der Waals surface area contributed by atoms with Crippen molar-refractivity contribution in [1.29, 1.82) is 0 Å². The Morgan fingerprint density at radius 2 is 1.80 bits per heavy atom. The fourth-order valence-corrected chi connectivity index (χ4v) is 5.80.